The fourth-order valence-electron chi connectivity index (χ4n) is 2.01. The number of piperazine rings is 1. The Labute approximate surface area is 105 Å². The first-order chi connectivity index (χ1) is 8.26. The molecular weight excluding hydrogens is 212 g/mol. The average Bonchev–Trinajstić information content (AvgIpc) is 2.38. The van der Waals surface area contributed by atoms with E-state index in [0.29, 0.717) is 0 Å². The average molecular weight is 238 g/mol. The van der Waals surface area contributed by atoms with Crippen molar-refractivity contribution in [1.82, 2.24) is 15.1 Å². The topological polar surface area (TPSA) is 42.4 Å². The lowest BCUT2D eigenvalue weighted by atomic mass is 10.3. The van der Waals surface area contributed by atoms with Crippen molar-refractivity contribution in [1.29, 1.82) is 5.41 Å². The van der Waals surface area contributed by atoms with Crippen molar-refractivity contribution in [3.05, 3.63) is 11.8 Å². The molecule has 0 aromatic rings. The number of rotatable bonds is 7. The summed E-state index contributed by atoms with van der Waals surface area (Å²) in [5.41, 5.74) is 0.974. The molecule has 0 radical (unpaired) electrons. The van der Waals surface area contributed by atoms with Crippen LogP contribution in [0.2, 0.25) is 0 Å². The van der Waals surface area contributed by atoms with E-state index in [1.54, 1.807) is 0 Å². The number of likely N-dealkylation sites (N-methyl/N-ethyl adjacent to an activating group) is 1. The van der Waals surface area contributed by atoms with Gasteiger partial charge in [-0.15, -0.1) is 0 Å². The minimum absolute atomic E-state index is 0.974. The van der Waals surface area contributed by atoms with Gasteiger partial charge in [-0.3, -0.25) is 0 Å². The SMILES string of the molecule is CCN1CCN(CCCN/C=C(/C)C=N)CC1. The number of hydrogen-bond donors (Lipinski definition) is 2. The van der Waals surface area contributed by atoms with Gasteiger partial charge in [0.1, 0.15) is 0 Å². The highest BCUT2D eigenvalue weighted by Crippen LogP contribution is 2.01. The minimum atomic E-state index is 0.974. The maximum absolute atomic E-state index is 7.04. The van der Waals surface area contributed by atoms with Crippen LogP contribution >= 0.6 is 0 Å². The van der Waals surface area contributed by atoms with Crippen LogP contribution in [-0.4, -0.2) is 61.8 Å². The van der Waals surface area contributed by atoms with E-state index in [9.17, 15) is 0 Å². The summed E-state index contributed by atoms with van der Waals surface area (Å²) < 4.78 is 0. The van der Waals surface area contributed by atoms with Gasteiger partial charge < -0.3 is 20.5 Å². The summed E-state index contributed by atoms with van der Waals surface area (Å²) in [5, 5.41) is 10.3. The molecule has 0 aliphatic carbocycles. The molecule has 0 aromatic heterocycles. The van der Waals surface area contributed by atoms with Crippen LogP contribution in [0, 0.1) is 5.41 Å². The molecule has 4 nitrogen and oxygen atoms in total. The second kappa shape index (κ2) is 8.25. The van der Waals surface area contributed by atoms with Crippen molar-refractivity contribution in [2.75, 3.05) is 45.8 Å². The third-order valence-corrected chi connectivity index (χ3v) is 3.26. The van der Waals surface area contributed by atoms with Crippen LogP contribution in [0.5, 0.6) is 0 Å². The Balaban J connectivity index is 2.02. The normalized spacial score (nSPS) is 19.3. The first-order valence-electron chi connectivity index (χ1n) is 6.61. The van der Waals surface area contributed by atoms with Gasteiger partial charge in [-0.2, -0.15) is 0 Å². The van der Waals surface area contributed by atoms with E-state index in [1.807, 2.05) is 13.1 Å². The lowest BCUT2D eigenvalue weighted by Crippen LogP contribution is -2.46. The molecule has 98 valence electrons. The highest BCUT2D eigenvalue weighted by Gasteiger charge is 2.14. The molecule has 1 heterocycles. The Bertz CT molecular complexity index is 242. The van der Waals surface area contributed by atoms with Crippen molar-refractivity contribution in [3.8, 4) is 0 Å². The standard InChI is InChI=1S/C13H26N4/c1-3-16-7-9-17(10-8-16)6-4-5-15-12-13(2)11-14/h11-12,14-15H,3-10H2,1-2H3/b13-12-,14-11?. The molecule has 1 fully saturated rings. The van der Waals surface area contributed by atoms with Gasteiger partial charge in [-0.25, -0.2) is 0 Å². The van der Waals surface area contributed by atoms with Crippen molar-refractivity contribution in [2.45, 2.75) is 20.3 Å². The molecule has 0 amide bonds. The smallest absolute Gasteiger partial charge is 0.0221 e. The summed E-state index contributed by atoms with van der Waals surface area (Å²) in [6, 6.07) is 0. The Morgan fingerprint density at radius 1 is 1.24 bits per heavy atom. The van der Waals surface area contributed by atoms with Gasteiger partial charge in [0.25, 0.3) is 0 Å². The molecule has 0 unspecified atom stereocenters. The van der Waals surface area contributed by atoms with E-state index < -0.39 is 0 Å². The van der Waals surface area contributed by atoms with Crippen molar-refractivity contribution < 1.29 is 0 Å². The number of allylic oxidation sites excluding steroid dienone is 1. The van der Waals surface area contributed by atoms with Crippen LogP contribution in [0.1, 0.15) is 20.3 Å². The van der Waals surface area contributed by atoms with Gasteiger partial charge >= 0.3 is 0 Å². The molecule has 0 aromatic carbocycles. The van der Waals surface area contributed by atoms with E-state index in [1.165, 1.54) is 51.9 Å². The molecule has 0 saturated carbocycles. The van der Waals surface area contributed by atoms with Crippen LogP contribution in [-0.2, 0) is 0 Å². The van der Waals surface area contributed by atoms with Gasteiger partial charge in [0.05, 0.1) is 0 Å². The highest BCUT2D eigenvalue weighted by atomic mass is 15.3. The first-order valence-corrected chi connectivity index (χ1v) is 6.61. The predicted octanol–water partition coefficient (Wildman–Crippen LogP) is 1.16. The maximum atomic E-state index is 7.04. The summed E-state index contributed by atoms with van der Waals surface area (Å²) in [6.45, 7) is 12.4. The maximum Gasteiger partial charge on any atom is 0.0221 e. The zero-order valence-electron chi connectivity index (χ0n) is 11.2. The van der Waals surface area contributed by atoms with Crippen LogP contribution < -0.4 is 5.32 Å². The van der Waals surface area contributed by atoms with Crippen LogP contribution in [0.25, 0.3) is 0 Å². The third kappa shape index (κ3) is 5.84. The summed E-state index contributed by atoms with van der Waals surface area (Å²) in [6.07, 6.45) is 4.47. The summed E-state index contributed by atoms with van der Waals surface area (Å²) in [4.78, 5) is 5.05. The second-order valence-corrected chi connectivity index (χ2v) is 4.62. The molecule has 0 spiro atoms. The molecule has 1 aliphatic rings. The first kappa shape index (κ1) is 14.2. The monoisotopic (exact) mass is 238 g/mol. The van der Waals surface area contributed by atoms with Gasteiger partial charge in [0, 0.05) is 45.1 Å². The molecule has 0 atom stereocenters. The van der Waals surface area contributed by atoms with E-state index in [2.05, 4.69) is 22.0 Å². The Hall–Kier alpha value is -0.870. The van der Waals surface area contributed by atoms with Crippen LogP contribution in [0.4, 0.5) is 0 Å². The molecule has 2 N–H and O–H groups in total. The molecule has 1 rings (SSSR count). The summed E-state index contributed by atoms with van der Waals surface area (Å²) >= 11 is 0. The van der Waals surface area contributed by atoms with Gasteiger partial charge in [-0.1, -0.05) is 6.92 Å². The van der Waals surface area contributed by atoms with Crippen molar-refractivity contribution >= 4 is 6.21 Å². The quantitative estimate of drug-likeness (QED) is 0.516. The Morgan fingerprint density at radius 2 is 1.88 bits per heavy atom. The van der Waals surface area contributed by atoms with Gasteiger partial charge in [0.2, 0.25) is 0 Å². The Morgan fingerprint density at radius 3 is 2.47 bits per heavy atom. The summed E-state index contributed by atoms with van der Waals surface area (Å²) in [7, 11) is 0. The van der Waals surface area contributed by atoms with Gasteiger partial charge in [0.15, 0.2) is 0 Å². The zero-order valence-corrected chi connectivity index (χ0v) is 11.2. The number of hydrogen-bond acceptors (Lipinski definition) is 4. The highest BCUT2D eigenvalue weighted by molar-refractivity contribution is 5.74. The molecule has 1 saturated heterocycles. The molecular formula is C13H26N4. The lowest BCUT2D eigenvalue weighted by Gasteiger charge is -2.33. The van der Waals surface area contributed by atoms with E-state index in [-0.39, 0.29) is 0 Å². The summed E-state index contributed by atoms with van der Waals surface area (Å²) in [5.74, 6) is 0. The van der Waals surface area contributed by atoms with E-state index in [4.69, 9.17) is 5.41 Å². The lowest BCUT2D eigenvalue weighted by molar-refractivity contribution is 0.136. The predicted molar refractivity (Wildman–Crippen MR) is 73.7 cm³/mol. The van der Waals surface area contributed by atoms with Crippen LogP contribution in [0.15, 0.2) is 11.8 Å². The molecule has 17 heavy (non-hydrogen) atoms. The van der Waals surface area contributed by atoms with Crippen LogP contribution in [0.3, 0.4) is 0 Å². The third-order valence-electron chi connectivity index (χ3n) is 3.26. The van der Waals surface area contributed by atoms with Crippen molar-refractivity contribution in [2.24, 2.45) is 0 Å². The number of nitrogens with one attached hydrogen (secondary N) is 2. The van der Waals surface area contributed by atoms with E-state index in [0.717, 1.165) is 12.1 Å². The van der Waals surface area contributed by atoms with E-state index >= 15 is 0 Å². The zero-order chi connectivity index (χ0) is 12.5. The van der Waals surface area contributed by atoms with Gasteiger partial charge in [-0.05, 0) is 32.0 Å². The molecule has 4 heteroatoms. The fourth-order valence-corrected chi connectivity index (χ4v) is 2.01. The minimum Gasteiger partial charge on any atom is -0.391 e. The largest absolute Gasteiger partial charge is 0.391 e. The molecule has 0 bridgehead atoms. The second-order valence-electron chi connectivity index (χ2n) is 4.62. The number of nitrogens with zero attached hydrogens (tertiary/aromatic N) is 2. The van der Waals surface area contributed by atoms with Crippen molar-refractivity contribution in [3.63, 3.8) is 0 Å². The Kier molecular flexibility index (Phi) is 6.89. The molecule has 1 aliphatic heterocycles. The fraction of sp³-hybridized carbons (Fsp3) is 0.769.